The number of nitrogens with zero attached hydrogens (tertiary/aromatic N) is 1. The Morgan fingerprint density at radius 2 is 1.83 bits per heavy atom. The molecule has 1 N–H and O–H groups in total. The van der Waals surface area contributed by atoms with Crippen LogP contribution < -0.4 is 4.72 Å². The van der Waals surface area contributed by atoms with E-state index in [9.17, 15) is 17.6 Å². The van der Waals surface area contributed by atoms with Gasteiger partial charge in [-0.3, -0.25) is 4.72 Å². The third-order valence-corrected chi connectivity index (χ3v) is 4.09. The highest BCUT2D eigenvalue weighted by molar-refractivity contribution is 7.92. The SMILES string of the molecule is CC(C)OC(=O)c1ccc(NS(=O)(=O)c2ccc(F)cc2)cn1. The van der Waals surface area contributed by atoms with E-state index < -0.39 is 21.8 Å². The van der Waals surface area contributed by atoms with Crippen LogP contribution in [0.2, 0.25) is 0 Å². The van der Waals surface area contributed by atoms with Crippen LogP contribution in [-0.2, 0) is 14.8 Å². The standard InChI is InChI=1S/C15H15FN2O4S/c1-10(2)22-15(19)14-8-5-12(9-17-14)18-23(20,21)13-6-3-11(16)4-7-13/h3-10,18H,1-2H3. The monoisotopic (exact) mass is 338 g/mol. The summed E-state index contributed by atoms with van der Waals surface area (Å²) in [6.45, 7) is 3.42. The van der Waals surface area contributed by atoms with Gasteiger partial charge in [0.15, 0.2) is 0 Å². The fraction of sp³-hybridized carbons (Fsp3) is 0.200. The van der Waals surface area contributed by atoms with Gasteiger partial charge in [0.2, 0.25) is 0 Å². The molecule has 0 bridgehead atoms. The van der Waals surface area contributed by atoms with Crippen molar-refractivity contribution in [3.8, 4) is 0 Å². The Balaban J connectivity index is 2.14. The average Bonchev–Trinajstić information content (AvgIpc) is 2.47. The minimum absolute atomic E-state index is 0.0726. The number of aromatic nitrogens is 1. The molecule has 6 nitrogen and oxygen atoms in total. The summed E-state index contributed by atoms with van der Waals surface area (Å²) in [5, 5.41) is 0. The number of rotatable bonds is 5. The lowest BCUT2D eigenvalue weighted by Gasteiger charge is -2.09. The third-order valence-electron chi connectivity index (χ3n) is 2.69. The highest BCUT2D eigenvalue weighted by Gasteiger charge is 2.15. The number of esters is 1. The summed E-state index contributed by atoms with van der Waals surface area (Å²) in [7, 11) is -3.86. The summed E-state index contributed by atoms with van der Waals surface area (Å²) in [4.78, 5) is 15.4. The Morgan fingerprint density at radius 1 is 1.17 bits per heavy atom. The smallest absolute Gasteiger partial charge is 0.357 e. The number of benzene rings is 1. The molecule has 0 atom stereocenters. The predicted molar refractivity (Wildman–Crippen MR) is 82.0 cm³/mol. The van der Waals surface area contributed by atoms with Crippen molar-refractivity contribution < 1.29 is 22.3 Å². The Morgan fingerprint density at radius 3 is 2.35 bits per heavy atom. The van der Waals surface area contributed by atoms with Crippen molar-refractivity contribution in [2.45, 2.75) is 24.8 Å². The van der Waals surface area contributed by atoms with E-state index in [1.165, 1.54) is 18.3 Å². The van der Waals surface area contributed by atoms with Crippen LogP contribution in [0.5, 0.6) is 0 Å². The maximum atomic E-state index is 12.8. The highest BCUT2D eigenvalue weighted by atomic mass is 32.2. The summed E-state index contributed by atoms with van der Waals surface area (Å²) in [5.41, 5.74) is 0.249. The molecule has 0 radical (unpaired) electrons. The predicted octanol–water partition coefficient (Wildman–Crippen LogP) is 2.59. The molecule has 1 aromatic carbocycles. The number of halogens is 1. The number of ether oxygens (including phenoxy) is 1. The Bertz CT molecular complexity index is 787. The second kappa shape index (κ2) is 6.74. The molecule has 2 rings (SSSR count). The molecule has 1 heterocycles. The molecule has 0 saturated carbocycles. The summed E-state index contributed by atoms with van der Waals surface area (Å²) in [6.07, 6.45) is 0.929. The zero-order valence-corrected chi connectivity index (χ0v) is 13.3. The Labute approximate surface area is 133 Å². The lowest BCUT2D eigenvalue weighted by Crippen LogP contribution is -2.15. The van der Waals surface area contributed by atoms with Gasteiger partial charge in [0.25, 0.3) is 10.0 Å². The number of hydrogen-bond donors (Lipinski definition) is 1. The molecule has 122 valence electrons. The fourth-order valence-corrected chi connectivity index (χ4v) is 2.72. The van der Waals surface area contributed by atoms with Gasteiger partial charge in [0, 0.05) is 0 Å². The number of pyridine rings is 1. The first kappa shape index (κ1) is 16.9. The Hall–Kier alpha value is -2.48. The van der Waals surface area contributed by atoms with E-state index in [1.807, 2.05) is 0 Å². The molecule has 0 aliphatic heterocycles. The Kier molecular flexibility index (Phi) is 4.95. The summed E-state index contributed by atoms with van der Waals surface area (Å²) >= 11 is 0. The van der Waals surface area contributed by atoms with Gasteiger partial charge >= 0.3 is 5.97 Å². The van der Waals surface area contributed by atoms with Crippen LogP contribution >= 0.6 is 0 Å². The lowest BCUT2D eigenvalue weighted by molar-refractivity contribution is 0.0371. The molecule has 1 aromatic heterocycles. The molecule has 0 saturated heterocycles. The van der Waals surface area contributed by atoms with Gasteiger partial charge in [-0.2, -0.15) is 0 Å². The first-order valence-corrected chi connectivity index (χ1v) is 8.21. The van der Waals surface area contributed by atoms with Gasteiger partial charge in [-0.25, -0.2) is 22.6 Å². The van der Waals surface area contributed by atoms with Crippen LogP contribution in [0.1, 0.15) is 24.3 Å². The van der Waals surface area contributed by atoms with Crippen LogP contribution in [0.25, 0.3) is 0 Å². The second-order valence-corrected chi connectivity index (χ2v) is 6.63. The molecule has 0 amide bonds. The maximum Gasteiger partial charge on any atom is 0.357 e. The van der Waals surface area contributed by atoms with Crippen LogP contribution in [-0.4, -0.2) is 25.5 Å². The third kappa shape index (κ3) is 4.49. The summed E-state index contributed by atoms with van der Waals surface area (Å²) in [6, 6.07) is 7.16. The van der Waals surface area contributed by atoms with E-state index >= 15 is 0 Å². The first-order valence-electron chi connectivity index (χ1n) is 6.73. The number of nitrogens with one attached hydrogen (secondary N) is 1. The van der Waals surface area contributed by atoms with Crippen molar-refractivity contribution in [3.63, 3.8) is 0 Å². The number of sulfonamides is 1. The van der Waals surface area contributed by atoms with Crippen molar-refractivity contribution >= 4 is 21.7 Å². The zero-order valence-electron chi connectivity index (χ0n) is 12.5. The van der Waals surface area contributed by atoms with Crippen molar-refractivity contribution in [3.05, 3.63) is 54.1 Å². The van der Waals surface area contributed by atoms with Crippen molar-refractivity contribution in [1.29, 1.82) is 0 Å². The minimum Gasteiger partial charge on any atom is -0.458 e. The summed E-state index contributed by atoms with van der Waals surface area (Å²) < 4.78 is 44.4. The van der Waals surface area contributed by atoms with E-state index in [1.54, 1.807) is 13.8 Å². The van der Waals surface area contributed by atoms with Crippen LogP contribution in [0.4, 0.5) is 10.1 Å². The maximum absolute atomic E-state index is 12.8. The molecule has 2 aromatic rings. The van der Waals surface area contributed by atoms with Gasteiger partial charge in [0.1, 0.15) is 11.5 Å². The van der Waals surface area contributed by atoms with Gasteiger partial charge in [-0.05, 0) is 50.2 Å². The number of carbonyl (C=O) groups excluding carboxylic acids is 1. The van der Waals surface area contributed by atoms with Gasteiger partial charge in [-0.1, -0.05) is 0 Å². The van der Waals surface area contributed by atoms with Gasteiger partial charge in [-0.15, -0.1) is 0 Å². The van der Waals surface area contributed by atoms with Crippen molar-refractivity contribution in [1.82, 2.24) is 4.98 Å². The summed E-state index contributed by atoms with van der Waals surface area (Å²) in [5.74, 6) is -1.12. The molecule has 0 aliphatic rings. The molecule has 0 unspecified atom stereocenters. The number of hydrogen-bond acceptors (Lipinski definition) is 5. The zero-order chi connectivity index (χ0) is 17.0. The van der Waals surface area contributed by atoms with E-state index in [-0.39, 0.29) is 22.4 Å². The molecule has 0 aliphatic carbocycles. The molecular formula is C15H15FN2O4S. The van der Waals surface area contributed by atoms with E-state index in [0.717, 1.165) is 24.3 Å². The van der Waals surface area contributed by atoms with Gasteiger partial charge < -0.3 is 4.74 Å². The molecule has 0 fully saturated rings. The van der Waals surface area contributed by atoms with Crippen LogP contribution in [0.3, 0.4) is 0 Å². The van der Waals surface area contributed by atoms with Crippen LogP contribution in [0, 0.1) is 5.82 Å². The molecule has 0 spiro atoms. The van der Waals surface area contributed by atoms with Crippen LogP contribution in [0.15, 0.2) is 47.5 Å². The van der Waals surface area contributed by atoms with Gasteiger partial charge in [0.05, 0.1) is 22.9 Å². The normalized spacial score (nSPS) is 11.3. The molecule has 8 heteroatoms. The second-order valence-electron chi connectivity index (χ2n) is 4.95. The number of anilines is 1. The van der Waals surface area contributed by atoms with E-state index in [0.29, 0.717) is 0 Å². The van der Waals surface area contributed by atoms with Crippen molar-refractivity contribution in [2.75, 3.05) is 4.72 Å². The fourth-order valence-electron chi connectivity index (χ4n) is 1.68. The number of carbonyl (C=O) groups is 1. The van der Waals surface area contributed by atoms with E-state index in [2.05, 4.69) is 9.71 Å². The molecule has 23 heavy (non-hydrogen) atoms. The first-order chi connectivity index (χ1) is 10.8. The highest BCUT2D eigenvalue weighted by Crippen LogP contribution is 2.16. The lowest BCUT2D eigenvalue weighted by atomic mass is 10.3. The quantitative estimate of drug-likeness (QED) is 0.847. The largest absolute Gasteiger partial charge is 0.458 e. The average molecular weight is 338 g/mol. The topological polar surface area (TPSA) is 85.4 Å². The molecular weight excluding hydrogens is 323 g/mol. The van der Waals surface area contributed by atoms with Crippen molar-refractivity contribution in [2.24, 2.45) is 0 Å². The van der Waals surface area contributed by atoms with E-state index in [4.69, 9.17) is 4.74 Å². The minimum atomic E-state index is -3.86.